The van der Waals surface area contributed by atoms with Gasteiger partial charge in [0.25, 0.3) is 5.56 Å². The standard InChI is InChI=1S/C20H17F3N4O2/c1-12(14-5-3-13(4-6-14)11-20(21,22)23)9-16(28)15-10-17(29)27-19(26-15)18-24-7-2-8-25-18/h2-8,10,12H,9,11H2,1H3,(H,26,27,29)/t12-/m0/s1. The number of nitrogens with one attached hydrogen (secondary N) is 1. The Morgan fingerprint density at radius 2 is 1.79 bits per heavy atom. The van der Waals surface area contributed by atoms with Crippen LogP contribution in [0.25, 0.3) is 11.6 Å². The van der Waals surface area contributed by atoms with E-state index in [0.29, 0.717) is 0 Å². The van der Waals surface area contributed by atoms with E-state index < -0.39 is 18.2 Å². The number of H-pyrrole nitrogens is 1. The normalized spacial score (nSPS) is 12.6. The third kappa shape index (κ3) is 5.56. The van der Waals surface area contributed by atoms with Gasteiger partial charge in [0.15, 0.2) is 17.4 Å². The van der Waals surface area contributed by atoms with E-state index in [4.69, 9.17) is 0 Å². The smallest absolute Gasteiger partial charge is 0.304 e. The van der Waals surface area contributed by atoms with Gasteiger partial charge in [-0.15, -0.1) is 0 Å². The number of carbonyl (C=O) groups excluding carboxylic acids is 1. The molecule has 0 fully saturated rings. The van der Waals surface area contributed by atoms with Crippen molar-refractivity contribution in [2.24, 2.45) is 0 Å². The van der Waals surface area contributed by atoms with Crippen molar-refractivity contribution in [3.63, 3.8) is 0 Å². The summed E-state index contributed by atoms with van der Waals surface area (Å²) < 4.78 is 37.4. The van der Waals surface area contributed by atoms with Gasteiger partial charge in [-0.2, -0.15) is 13.2 Å². The van der Waals surface area contributed by atoms with Gasteiger partial charge < -0.3 is 4.98 Å². The predicted octanol–water partition coefficient (Wildman–Crippen LogP) is 3.71. The first-order chi connectivity index (χ1) is 13.7. The van der Waals surface area contributed by atoms with Crippen LogP contribution in [-0.4, -0.2) is 31.9 Å². The number of ketones is 1. The lowest BCUT2D eigenvalue weighted by atomic mass is 9.93. The van der Waals surface area contributed by atoms with Crippen LogP contribution in [-0.2, 0) is 6.42 Å². The van der Waals surface area contributed by atoms with Gasteiger partial charge in [0.2, 0.25) is 0 Å². The van der Waals surface area contributed by atoms with Crippen molar-refractivity contribution in [1.82, 2.24) is 19.9 Å². The zero-order valence-corrected chi connectivity index (χ0v) is 15.4. The number of halogens is 3. The molecule has 150 valence electrons. The van der Waals surface area contributed by atoms with Crippen LogP contribution in [0.1, 0.15) is 40.9 Å². The molecular weight excluding hydrogens is 385 g/mol. The Kier molecular flexibility index (Phi) is 5.86. The fourth-order valence-electron chi connectivity index (χ4n) is 2.82. The lowest BCUT2D eigenvalue weighted by Gasteiger charge is -2.12. The first-order valence-electron chi connectivity index (χ1n) is 8.79. The summed E-state index contributed by atoms with van der Waals surface area (Å²) in [6, 6.07) is 8.67. The van der Waals surface area contributed by atoms with Gasteiger partial charge in [-0.05, 0) is 23.1 Å². The molecule has 0 bridgehead atoms. The second-order valence-electron chi connectivity index (χ2n) is 6.61. The molecule has 0 unspecified atom stereocenters. The SMILES string of the molecule is C[C@@H](CC(=O)c1cc(=O)[nH]c(-c2ncccn2)n1)c1ccc(CC(F)(F)F)cc1. The highest BCUT2D eigenvalue weighted by Crippen LogP contribution is 2.25. The van der Waals surface area contributed by atoms with E-state index in [1.807, 2.05) is 0 Å². The van der Waals surface area contributed by atoms with Crippen molar-refractivity contribution in [1.29, 1.82) is 0 Å². The molecule has 9 heteroatoms. The molecule has 0 aliphatic heterocycles. The number of hydrogen-bond donors (Lipinski definition) is 1. The van der Waals surface area contributed by atoms with E-state index in [2.05, 4.69) is 19.9 Å². The summed E-state index contributed by atoms with van der Waals surface area (Å²) in [5.41, 5.74) is 0.357. The maximum Gasteiger partial charge on any atom is 0.393 e. The van der Waals surface area contributed by atoms with Crippen LogP contribution in [0.15, 0.2) is 53.6 Å². The molecule has 0 radical (unpaired) electrons. The molecule has 0 amide bonds. The largest absolute Gasteiger partial charge is 0.393 e. The Hall–Kier alpha value is -3.36. The summed E-state index contributed by atoms with van der Waals surface area (Å²) in [6.45, 7) is 1.78. The lowest BCUT2D eigenvalue weighted by Crippen LogP contribution is -2.16. The quantitative estimate of drug-likeness (QED) is 0.635. The van der Waals surface area contributed by atoms with Gasteiger partial charge in [0.1, 0.15) is 5.69 Å². The zero-order valence-electron chi connectivity index (χ0n) is 15.4. The fourth-order valence-corrected chi connectivity index (χ4v) is 2.82. The van der Waals surface area contributed by atoms with Gasteiger partial charge in [0.05, 0.1) is 6.42 Å². The monoisotopic (exact) mass is 402 g/mol. The molecule has 3 aromatic rings. The zero-order chi connectivity index (χ0) is 21.0. The van der Waals surface area contributed by atoms with Crippen LogP contribution in [0.3, 0.4) is 0 Å². The third-order valence-corrected chi connectivity index (χ3v) is 4.25. The Bertz CT molecular complexity index is 1050. The minimum atomic E-state index is -4.27. The maximum atomic E-state index is 12.6. The Morgan fingerprint density at radius 1 is 1.14 bits per heavy atom. The van der Waals surface area contributed by atoms with Crippen LogP contribution in [0, 0.1) is 0 Å². The third-order valence-electron chi connectivity index (χ3n) is 4.25. The Labute approximate surface area is 163 Å². The molecule has 0 saturated carbocycles. The number of hydrogen-bond acceptors (Lipinski definition) is 5. The Morgan fingerprint density at radius 3 is 2.41 bits per heavy atom. The summed E-state index contributed by atoms with van der Waals surface area (Å²) in [6.07, 6.45) is -2.25. The highest BCUT2D eigenvalue weighted by Gasteiger charge is 2.27. The number of nitrogens with zero attached hydrogens (tertiary/aromatic N) is 3. The summed E-state index contributed by atoms with van der Waals surface area (Å²) in [7, 11) is 0. The van der Waals surface area contributed by atoms with E-state index in [1.54, 1.807) is 25.1 Å². The topological polar surface area (TPSA) is 88.6 Å². The fraction of sp³-hybridized carbons (Fsp3) is 0.250. The van der Waals surface area contributed by atoms with Crippen LogP contribution in [0.2, 0.25) is 0 Å². The number of aromatic nitrogens is 4. The molecule has 6 nitrogen and oxygen atoms in total. The highest BCUT2D eigenvalue weighted by atomic mass is 19.4. The molecular formula is C20H17F3N4O2. The molecule has 0 aliphatic rings. The van der Waals surface area contributed by atoms with E-state index in [1.165, 1.54) is 24.5 Å². The number of Topliss-reactive ketones (excluding diaryl/α,β-unsaturated/α-hetero) is 1. The van der Waals surface area contributed by atoms with Gasteiger partial charge >= 0.3 is 6.18 Å². The highest BCUT2D eigenvalue weighted by molar-refractivity contribution is 5.94. The van der Waals surface area contributed by atoms with Crippen molar-refractivity contribution >= 4 is 5.78 Å². The molecule has 0 aliphatic carbocycles. The first-order valence-corrected chi connectivity index (χ1v) is 8.79. The van der Waals surface area contributed by atoms with Crippen LogP contribution >= 0.6 is 0 Å². The van der Waals surface area contributed by atoms with Gasteiger partial charge in [-0.1, -0.05) is 31.2 Å². The molecule has 3 rings (SSSR count). The van der Waals surface area contributed by atoms with Crippen molar-refractivity contribution in [2.75, 3.05) is 0 Å². The van der Waals surface area contributed by atoms with E-state index in [9.17, 15) is 22.8 Å². The molecule has 1 atom stereocenters. The van der Waals surface area contributed by atoms with Gasteiger partial charge in [-0.25, -0.2) is 15.0 Å². The average molecular weight is 402 g/mol. The molecule has 2 aromatic heterocycles. The molecule has 2 heterocycles. The van der Waals surface area contributed by atoms with Crippen molar-refractivity contribution in [2.45, 2.75) is 31.9 Å². The number of alkyl halides is 3. The van der Waals surface area contributed by atoms with Gasteiger partial charge in [0, 0.05) is 24.9 Å². The van der Waals surface area contributed by atoms with Crippen molar-refractivity contribution in [3.8, 4) is 11.6 Å². The second-order valence-corrected chi connectivity index (χ2v) is 6.61. The Balaban J connectivity index is 1.74. The van der Waals surface area contributed by atoms with E-state index in [0.717, 1.165) is 11.6 Å². The van der Waals surface area contributed by atoms with E-state index in [-0.39, 0.29) is 41.0 Å². The number of rotatable bonds is 6. The molecule has 1 N–H and O–H groups in total. The lowest BCUT2D eigenvalue weighted by molar-refractivity contribution is -0.127. The predicted molar refractivity (Wildman–Crippen MR) is 99.4 cm³/mol. The van der Waals surface area contributed by atoms with Crippen molar-refractivity contribution in [3.05, 3.63) is 76.0 Å². The van der Waals surface area contributed by atoms with Gasteiger partial charge in [-0.3, -0.25) is 9.59 Å². The van der Waals surface area contributed by atoms with Crippen LogP contribution < -0.4 is 5.56 Å². The number of aromatic amines is 1. The van der Waals surface area contributed by atoms with Crippen molar-refractivity contribution < 1.29 is 18.0 Å². The summed E-state index contributed by atoms with van der Waals surface area (Å²) in [4.78, 5) is 39.2. The molecule has 29 heavy (non-hydrogen) atoms. The number of benzene rings is 1. The summed E-state index contributed by atoms with van der Waals surface area (Å²) in [5.74, 6) is -0.349. The number of carbonyl (C=O) groups is 1. The average Bonchev–Trinajstić information content (AvgIpc) is 2.67. The second kappa shape index (κ2) is 8.34. The van der Waals surface area contributed by atoms with Crippen LogP contribution in [0.4, 0.5) is 13.2 Å². The minimum Gasteiger partial charge on any atom is -0.304 e. The minimum absolute atomic E-state index is 0.0169. The molecule has 0 spiro atoms. The maximum absolute atomic E-state index is 12.6. The van der Waals surface area contributed by atoms with Crippen LogP contribution in [0.5, 0.6) is 0 Å². The summed E-state index contributed by atoms with van der Waals surface area (Å²) in [5, 5.41) is 0. The first kappa shape index (κ1) is 20.4. The molecule has 0 saturated heterocycles. The summed E-state index contributed by atoms with van der Waals surface area (Å²) >= 11 is 0. The van der Waals surface area contributed by atoms with E-state index >= 15 is 0 Å². The molecule has 1 aromatic carbocycles.